The summed E-state index contributed by atoms with van der Waals surface area (Å²) in [5.41, 5.74) is -0.737. The fourth-order valence-electron chi connectivity index (χ4n) is 1.74. The van der Waals surface area contributed by atoms with Crippen LogP contribution in [-0.4, -0.2) is 32.2 Å². The molecule has 0 atom stereocenters. The third-order valence-electron chi connectivity index (χ3n) is 2.83. The monoisotopic (exact) mass is 264 g/mol. The van der Waals surface area contributed by atoms with Gasteiger partial charge in [-0.05, 0) is 6.92 Å². The van der Waals surface area contributed by atoms with Crippen LogP contribution in [0.5, 0.6) is 0 Å². The third-order valence-corrected chi connectivity index (χ3v) is 2.83. The lowest BCUT2D eigenvalue weighted by Gasteiger charge is -2.08. The summed E-state index contributed by atoms with van der Waals surface area (Å²) in [5.74, 6) is -0.667. The molecular weight excluding hydrogens is 252 g/mol. The van der Waals surface area contributed by atoms with Gasteiger partial charge in [-0.15, -0.1) is 0 Å². The molecule has 100 valence electrons. The number of fused-ring (bicyclic) bond motifs is 1. The van der Waals surface area contributed by atoms with E-state index in [2.05, 4.69) is 14.7 Å². The predicted molar refractivity (Wildman–Crippen MR) is 66.1 cm³/mol. The van der Waals surface area contributed by atoms with E-state index < -0.39 is 17.2 Å². The van der Waals surface area contributed by atoms with Crippen LogP contribution in [0.4, 0.5) is 0 Å². The number of carbonyl (C=O) groups excluding carboxylic acids is 1. The number of carbonyl (C=O) groups is 1. The number of rotatable bonds is 1. The zero-order valence-corrected chi connectivity index (χ0v) is 10.9. The van der Waals surface area contributed by atoms with Gasteiger partial charge in [0.25, 0.3) is 5.56 Å². The molecule has 0 aliphatic carbocycles. The molecule has 2 aromatic heterocycles. The van der Waals surface area contributed by atoms with Crippen molar-refractivity contribution in [2.24, 2.45) is 14.1 Å². The van der Waals surface area contributed by atoms with E-state index >= 15 is 0 Å². The summed E-state index contributed by atoms with van der Waals surface area (Å²) < 4.78 is 6.68. The minimum absolute atomic E-state index is 0.0155. The highest BCUT2D eigenvalue weighted by Crippen LogP contribution is 2.08. The highest BCUT2D eigenvalue weighted by molar-refractivity contribution is 5.90. The van der Waals surface area contributed by atoms with Crippen molar-refractivity contribution in [3.63, 3.8) is 0 Å². The van der Waals surface area contributed by atoms with Crippen LogP contribution in [0.15, 0.2) is 9.59 Å². The van der Waals surface area contributed by atoms with Crippen molar-refractivity contribution in [3.05, 3.63) is 32.2 Å². The van der Waals surface area contributed by atoms with Gasteiger partial charge in [0, 0.05) is 14.1 Å². The molecule has 0 N–H and O–H groups in total. The number of hydrogen-bond donors (Lipinski definition) is 0. The molecule has 0 fully saturated rings. The Hall–Kier alpha value is -2.51. The molecule has 8 nitrogen and oxygen atoms in total. The highest BCUT2D eigenvalue weighted by atomic mass is 16.5. The van der Waals surface area contributed by atoms with Crippen LogP contribution in [0.2, 0.25) is 0 Å². The average Bonchev–Trinajstić information content (AvgIpc) is 2.41. The third kappa shape index (κ3) is 1.81. The second-order valence-corrected chi connectivity index (χ2v) is 4.03. The summed E-state index contributed by atoms with van der Waals surface area (Å²) in [5, 5.41) is 0. The summed E-state index contributed by atoms with van der Waals surface area (Å²) in [6, 6.07) is 0. The van der Waals surface area contributed by atoms with E-state index in [9.17, 15) is 14.4 Å². The maximum absolute atomic E-state index is 11.9. The molecule has 0 aromatic carbocycles. The maximum Gasteiger partial charge on any atom is 0.358 e. The second-order valence-electron chi connectivity index (χ2n) is 4.03. The average molecular weight is 264 g/mol. The predicted octanol–water partition coefficient (Wildman–Crippen LogP) is -0.878. The van der Waals surface area contributed by atoms with E-state index in [1.165, 1.54) is 21.2 Å². The van der Waals surface area contributed by atoms with Crippen LogP contribution < -0.4 is 11.2 Å². The van der Waals surface area contributed by atoms with Gasteiger partial charge < -0.3 is 4.74 Å². The van der Waals surface area contributed by atoms with E-state index in [0.717, 1.165) is 9.13 Å². The van der Waals surface area contributed by atoms with Crippen molar-refractivity contribution in [3.8, 4) is 0 Å². The lowest BCUT2D eigenvalue weighted by molar-refractivity contribution is 0.0593. The molecule has 2 rings (SSSR count). The van der Waals surface area contributed by atoms with E-state index in [0.29, 0.717) is 0 Å². The fourth-order valence-corrected chi connectivity index (χ4v) is 1.74. The number of esters is 1. The fraction of sp³-hybridized carbons (Fsp3) is 0.364. The molecule has 2 aromatic rings. The first kappa shape index (κ1) is 12.9. The van der Waals surface area contributed by atoms with Crippen molar-refractivity contribution in [2.75, 3.05) is 7.11 Å². The Bertz CT molecular complexity index is 803. The van der Waals surface area contributed by atoms with Crippen LogP contribution in [0, 0.1) is 6.92 Å². The van der Waals surface area contributed by atoms with E-state index in [-0.39, 0.29) is 22.6 Å². The molecule has 0 amide bonds. The summed E-state index contributed by atoms with van der Waals surface area (Å²) in [6.07, 6.45) is 0. The number of hydrogen-bond acceptors (Lipinski definition) is 6. The van der Waals surface area contributed by atoms with E-state index in [1.807, 2.05) is 0 Å². The lowest BCUT2D eigenvalue weighted by atomic mass is 10.3. The summed E-state index contributed by atoms with van der Waals surface area (Å²) >= 11 is 0. The lowest BCUT2D eigenvalue weighted by Crippen LogP contribution is -2.38. The molecule has 0 spiro atoms. The first-order valence-electron chi connectivity index (χ1n) is 5.41. The minimum Gasteiger partial charge on any atom is -0.464 e. The zero-order valence-electron chi connectivity index (χ0n) is 10.9. The molecule has 19 heavy (non-hydrogen) atoms. The second kappa shape index (κ2) is 4.30. The largest absolute Gasteiger partial charge is 0.464 e. The topological polar surface area (TPSA) is 96.1 Å². The molecule has 0 radical (unpaired) electrons. The van der Waals surface area contributed by atoms with Gasteiger partial charge in [-0.25, -0.2) is 19.6 Å². The smallest absolute Gasteiger partial charge is 0.358 e. The Morgan fingerprint density at radius 3 is 2.37 bits per heavy atom. The molecule has 0 unspecified atom stereocenters. The molecular formula is C11H12N4O4. The Kier molecular flexibility index (Phi) is 2.93. The Labute approximate surface area is 107 Å². The summed E-state index contributed by atoms with van der Waals surface area (Å²) in [7, 11) is 4.03. The Morgan fingerprint density at radius 1 is 1.16 bits per heavy atom. The van der Waals surface area contributed by atoms with Gasteiger partial charge in [0.2, 0.25) is 0 Å². The maximum atomic E-state index is 11.9. The Balaban J connectivity index is 2.99. The van der Waals surface area contributed by atoms with Crippen molar-refractivity contribution in [1.82, 2.24) is 19.1 Å². The standard InChI is InChI=1S/C11H12N4O4/c1-5-6(10(17)19-4)13-8-7(12-5)9(16)15(3)11(18)14(8)2/h1-4H3. The number of ether oxygens (including phenoxy) is 1. The Morgan fingerprint density at radius 2 is 1.79 bits per heavy atom. The number of methoxy groups -OCH3 is 1. The van der Waals surface area contributed by atoms with Gasteiger partial charge in [0.15, 0.2) is 16.9 Å². The van der Waals surface area contributed by atoms with Crippen molar-refractivity contribution < 1.29 is 9.53 Å². The van der Waals surface area contributed by atoms with Gasteiger partial charge in [-0.3, -0.25) is 13.9 Å². The number of aromatic nitrogens is 4. The van der Waals surface area contributed by atoms with Crippen molar-refractivity contribution in [1.29, 1.82) is 0 Å². The van der Waals surface area contributed by atoms with Gasteiger partial charge >= 0.3 is 11.7 Å². The summed E-state index contributed by atoms with van der Waals surface area (Å²) in [4.78, 5) is 43.3. The van der Waals surface area contributed by atoms with Crippen LogP contribution in [0.1, 0.15) is 16.2 Å². The van der Waals surface area contributed by atoms with Crippen LogP contribution in [0.3, 0.4) is 0 Å². The van der Waals surface area contributed by atoms with Crippen LogP contribution >= 0.6 is 0 Å². The molecule has 0 aliphatic rings. The van der Waals surface area contributed by atoms with Gasteiger partial charge in [-0.2, -0.15) is 0 Å². The van der Waals surface area contributed by atoms with Crippen LogP contribution in [-0.2, 0) is 18.8 Å². The van der Waals surface area contributed by atoms with Crippen molar-refractivity contribution in [2.45, 2.75) is 6.92 Å². The zero-order chi connectivity index (χ0) is 14.3. The summed E-state index contributed by atoms with van der Waals surface area (Å²) in [6.45, 7) is 1.54. The molecule has 2 heterocycles. The van der Waals surface area contributed by atoms with Crippen molar-refractivity contribution >= 4 is 17.1 Å². The normalized spacial score (nSPS) is 10.7. The quantitative estimate of drug-likeness (QED) is 0.621. The van der Waals surface area contributed by atoms with Gasteiger partial charge in [-0.1, -0.05) is 0 Å². The van der Waals surface area contributed by atoms with E-state index in [4.69, 9.17) is 0 Å². The molecule has 0 saturated carbocycles. The molecule has 0 saturated heterocycles. The molecule has 0 aliphatic heterocycles. The number of aryl methyl sites for hydroxylation is 2. The first-order chi connectivity index (χ1) is 8.88. The SMILES string of the molecule is COC(=O)c1nc2c(nc1C)c(=O)n(C)c(=O)n2C. The first-order valence-corrected chi connectivity index (χ1v) is 5.41. The van der Waals surface area contributed by atoms with Crippen LogP contribution in [0.25, 0.3) is 11.2 Å². The highest BCUT2D eigenvalue weighted by Gasteiger charge is 2.18. The molecule has 8 heteroatoms. The number of nitrogens with zero attached hydrogens (tertiary/aromatic N) is 4. The van der Waals surface area contributed by atoms with E-state index in [1.54, 1.807) is 6.92 Å². The molecule has 0 bridgehead atoms. The van der Waals surface area contributed by atoms with Gasteiger partial charge in [0.05, 0.1) is 12.8 Å². The minimum atomic E-state index is -0.667. The van der Waals surface area contributed by atoms with Gasteiger partial charge in [0.1, 0.15) is 0 Å².